The van der Waals surface area contributed by atoms with Crippen molar-refractivity contribution < 1.29 is 0 Å². The fraction of sp³-hybridized carbons (Fsp3) is 0.0769. The van der Waals surface area contributed by atoms with Gasteiger partial charge in [0.1, 0.15) is 0 Å². The summed E-state index contributed by atoms with van der Waals surface area (Å²) in [6, 6.07) is 13.6. The van der Waals surface area contributed by atoms with Crippen LogP contribution in [0.4, 0.5) is 0 Å². The monoisotopic (exact) mass is 194 g/mol. The van der Waals surface area contributed by atoms with Crippen LogP contribution in [0.3, 0.4) is 0 Å². The van der Waals surface area contributed by atoms with Gasteiger partial charge in [0.05, 0.1) is 17.3 Å². The number of aryl methyl sites for hydroxylation is 1. The molecule has 2 rings (SSSR count). The van der Waals surface area contributed by atoms with E-state index in [4.69, 9.17) is 5.26 Å². The van der Waals surface area contributed by atoms with Gasteiger partial charge in [-0.3, -0.25) is 4.98 Å². The molecule has 0 fully saturated rings. The minimum absolute atomic E-state index is 0.687. The number of hydrogen-bond donors (Lipinski definition) is 0. The molecule has 0 unspecified atom stereocenters. The zero-order valence-corrected chi connectivity index (χ0v) is 8.44. The lowest BCUT2D eigenvalue weighted by atomic mass is 10.0. The summed E-state index contributed by atoms with van der Waals surface area (Å²) in [5, 5.41) is 8.76. The Balaban J connectivity index is 2.52. The van der Waals surface area contributed by atoms with E-state index < -0.39 is 0 Å². The highest BCUT2D eigenvalue weighted by atomic mass is 14.7. The van der Waals surface area contributed by atoms with Crippen LogP contribution in [0, 0.1) is 18.3 Å². The van der Waals surface area contributed by atoms with Crippen LogP contribution in [0.2, 0.25) is 0 Å². The second-order valence-electron chi connectivity index (χ2n) is 3.36. The second-order valence-corrected chi connectivity index (χ2v) is 3.36. The van der Waals surface area contributed by atoms with E-state index in [1.54, 1.807) is 6.20 Å². The third-order valence-electron chi connectivity index (χ3n) is 2.30. The molecule has 0 N–H and O–H groups in total. The molecule has 2 nitrogen and oxygen atoms in total. The lowest BCUT2D eigenvalue weighted by molar-refractivity contribution is 1.30. The number of hydrogen-bond acceptors (Lipinski definition) is 2. The molecule has 0 atom stereocenters. The van der Waals surface area contributed by atoms with Gasteiger partial charge in [0, 0.05) is 11.8 Å². The van der Waals surface area contributed by atoms with Crippen molar-refractivity contribution in [2.45, 2.75) is 6.92 Å². The molecule has 0 saturated carbocycles. The SMILES string of the molecule is Cc1cc(C#N)ccc1-c1ccccn1. The fourth-order valence-corrected chi connectivity index (χ4v) is 1.54. The van der Waals surface area contributed by atoms with Crippen molar-refractivity contribution in [1.29, 1.82) is 5.26 Å². The third-order valence-corrected chi connectivity index (χ3v) is 2.30. The highest BCUT2D eigenvalue weighted by Crippen LogP contribution is 2.21. The molecule has 1 aromatic heterocycles. The van der Waals surface area contributed by atoms with E-state index >= 15 is 0 Å². The van der Waals surface area contributed by atoms with E-state index in [0.717, 1.165) is 16.8 Å². The summed E-state index contributed by atoms with van der Waals surface area (Å²) in [5.41, 5.74) is 3.79. The molecule has 1 heterocycles. The molecule has 2 heteroatoms. The van der Waals surface area contributed by atoms with E-state index in [-0.39, 0.29) is 0 Å². The summed E-state index contributed by atoms with van der Waals surface area (Å²) >= 11 is 0. The fourth-order valence-electron chi connectivity index (χ4n) is 1.54. The average Bonchev–Trinajstić information content (AvgIpc) is 2.30. The Morgan fingerprint density at radius 2 is 2.07 bits per heavy atom. The number of aromatic nitrogens is 1. The molecule has 0 spiro atoms. The molecular formula is C13H10N2. The van der Waals surface area contributed by atoms with Gasteiger partial charge >= 0.3 is 0 Å². The predicted octanol–water partition coefficient (Wildman–Crippen LogP) is 2.93. The summed E-state index contributed by atoms with van der Waals surface area (Å²) in [4.78, 5) is 4.28. The number of pyridine rings is 1. The molecule has 0 bridgehead atoms. The molecule has 2 aromatic rings. The van der Waals surface area contributed by atoms with E-state index in [2.05, 4.69) is 11.1 Å². The summed E-state index contributed by atoms with van der Waals surface area (Å²) in [6.45, 7) is 1.99. The Kier molecular flexibility index (Phi) is 2.47. The van der Waals surface area contributed by atoms with E-state index in [0.29, 0.717) is 5.56 Å². The van der Waals surface area contributed by atoms with Crippen LogP contribution >= 0.6 is 0 Å². The highest BCUT2D eigenvalue weighted by molar-refractivity contribution is 5.64. The summed E-state index contributed by atoms with van der Waals surface area (Å²) in [6.07, 6.45) is 1.77. The van der Waals surface area contributed by atoms with Gasteiger partial charge in [-0.2, -0.15) is 5.26 Å². The quantitative estimate of drug-likeness (QED) is 0.699. The van der Waals surface area contributed by atoms with Crippen LogP contribution in [-0.2, 0) is 0 Å². The van der Waals surface area contributed by atoms with Crippen LogP contribution in [0.1, 0.15) is 11.1 Å². The summed E-state index contributed by atoms with van der Waals surface area (Å²) < 4.78 is 0. The highest BCUT2D eigenvalue weighted by Gasteiger charge is 2.02. The smallest absolute Gasteiger partial charge is 0.0991 e. The molecule has 0 radical (unpaired) electrons. The van der Waals surface area contributed by atoms with Crippen LogP contribution < -0.4 is 0 Å². The normalized spacial score (nSPS) is 9.60. The van der Waals surface area contributed by atoms with Gasteiger partial charge in [0.25, 0.3) is 0 Å². The molecular weight excluding hydrogens is 184 g/mol. The van der Waals surface area contributed by atoms with Crippen molar-refractivity contribution in [3.63, 3.8) is 0 Å². The van der Waals surface area contributed by atoms with Gasteiger partial charge in [0.15, 0.2) is 0 Å². The molecule has 15 heavy (non-hydrogen) atoms. The minimum atomic E-state index is 0.687. The van der Waals surface area contributed by atoms with Crippen LogP contribution in [0.5, 0.6) is 0 Å². The Morgan fingerprint density at radius 3 is 2.67 bits per heavy atom. The molecule has 0 saturated heterocycles. The maximum atomic E-state index is 8.76. The van der Waals surface area contributed by atoms with Gasteiger partial charge < -0.3 is 0 Å². The molecule has 0 aliphatic heterocycles. The van der Waals surface area contributed by atoms with Crippen molar-refractivity contribution in [3.8, 4) is 17.3 Å². The number of nitriles is 1. The minimum Gasteiger partial charge on any atom is -0.256 e. The van der Waals surface area contributed by atoms with Gasteiger partial charge in [-0.15, -0.1) is 0 Å². The van der Waals surface area contributed by atoms with Crippen LogP contribution in [-0.4, -0.2) is 4.98 Å². The number of benzene rings is 1. The number of nitrogens with zero attached hydrogens (tertiary/aromatic N) is 2. The molecule has 1 aromatic carbocycles. The maximum absolute atomic E-state index is 8.76. The Labute approximate surface area is 88.8 Å². The largest absolute Gasteiger partial charge is 0.256 e. The first kappa shape index (κ1) is 9.42. The lowest BCUT2D eigenvalue weighted by Crippen LogP contribution is -1.87. The van der Waals surface area contributed by atoms with Gasteiger partial charge in [-0.05, 0) is 36.8 Å². The Hall–Kier alpha value is -2.14. The first-order valence-corrected chi connectivity index (χ1v) is 4.73. The summed E-state index contributed by atoms with van der Waals surface area (Å²) in [5.74, 6) is 0. The van der Waals surface area contributed by atoms with Crippen molar-refractivity contribution in [2.24, 2.45) is 0 Å². The molecule has 0 aliphatic carbocycles. The van der Waals surface area contributed by atoms with Gasteiger partial charge in [-0.1, -0.05) is 12.1 Å². The lowest BCUT2D eigenvalue weighted by Gasteiger charge is -2.04. The van der Waals surface area contributed by atoms with Gasteiger partial charge in [-0.25, -0.2) is 0 Å². The van der Waals surface area contributed by atoms with Crippen LogP contribution in [0.25, 0.3) is 11.3 Å². The molecule has 72 valence electrons. The second kappa shape index (κ2) is 3.93. The zero-order valence-electron chi connectivity index (χ0n) is 8.44. The Morgan fingerprint density at radius 1 is 1.20 bits per heavy atom. The first-order valence-electron chi connectivity index (χ1n) is 4.73. The third kappa shape index (κ3) is 1.87. The summed E-state index contributed by atoms with van der Waals surface area (Å²) in [7, 11) is 0. The molecule has 0 aliphatic rings. The maximum Gasteiger partial charge on any atom is 0.0991 e. The van der Waals surface area contributed by atoms with E-state index in [9.17, 15) is 0 Å². The van der Waals surface area contributed by atoms with Crippen molar-refractivity contribution >= 4 is 0 Å². The van der Waals surface area contributed by atoms with Crippen molar-refractivity contribution in [2.75, 3.05) is 0 Å². The standard InChI is InChI=1S/C13H10N2/c1-10-8-11(9-14)5-6-12(10)13-4-2-3-7-15-13/h2-8H,1H3. The van der Waals surface area contributed by atoms with E-state index in [1.807, 2.05) is 43.3 Å². The zero-order chi connectivity index (χ0) is 10.7. The number of rotatable bonds is 1. The molecule has 0 amide bonds. The topological polar surface area (TPSA) is 36.7 Å². The first-order chi connectivity index (χ1) is 7.31. The predicted molar refractivity (Wildman–Crippen MR) is 59.1 cm³/mol. The van der Waals surface area contributed by atoms with Crippen molar-refractivity contribution in [3.05, 3.63) is 53.7 Å². The van der Waals surface area contributed by atoms with Crippen molar-refractivity contribution in [1.82, 2.24) is 4.98 Å². The van der Waals surface area contributed by atoms with E-state index in [1.165, 1.54) is 0 Å². The van der Waals surface area contributed by atoms with Crippen LogP contribution in [0.15, 0.2) is 42.6 Å². The Bertz CT molecular complexity index is 510. The average molecular weight is 194 g/mol. The van der Waals surface area contributed by atoms with Gasteiger partial charge in [0.2, 0.25) is 0 Å².